The summed E-state index contributed by atoms with van der Waals surface area (Å²) >= 11 is 0. The normalized spacial score (nSPS) is 18.4. The van der Waals surface area contributed by atoms with E-state index in [-0.39, 0.29) is 11.7 Å². The molecule has 3 rings (SSSR count). The number of carbonyl (C=O) groups is 2. The number of para-hydroxylation sites is 1. The Bertz CT molecular complexity index is 649. The van der Waals surface area contributed by atoms with Crippen LogP contribution in [0.15, 0.2) is 54.6 Å². The van der Waals surface area contributed by atoms with Crippen molar-refractivity contribution in [3.8, 4) is 0 Å². The number of fused-ring (bicyclic) bond motifs is 1. The van der Waals surface area contributed by atoms with Crippen molar-refractivity contribution in [2.24, 2.45) is 0 Å². The maximum Gasteiger partial charge on any atom is 0.242 e. The molecule has 0 aromatic heterocycles. The fourth-order valence-electron chi connectivity index (χ4n) is 2.49. The maximum atomic E-state index is 12.5. The molecule has 1 amide bonds. The molecule has 0 saturated heterocycles. The van der Waals surface area contributed by atoms with Crippen molar-refractivity contribution in [1.29, 1.82) is 0 Å². The molecule has 1 aliphatic rings. The number of hydrogen-bond acceptors (Lipinski definition) is 2. The third-order valence-electron chi connectivity index (χ3n) is 3.50. The topological polar surface area (TPSA) is 37.4 Å². The van der Waals surface area contributed by atoms with Crippen LogP contribution < -0.4 is 4.90 Å². The smallest absolute Gasteiger partial charge is 0.242 e. The number of carbonyl (C=O) groups excluding carboxylic acids is 2. The average molecular weight is 251 g/mol. The molecule has 3 heteroatoms. The third kappa shape index (κ3) is 1.74. The summed E-state index contributed by atoms with van der Waals surface area (Å²) in [5, 5.41) is 0. The number of benzene rings is 2. The molecule has 0 fully saturated rings. The fraction of sp³-hybridized carbons (Fsp3) is 0.125. The lowest BCUT2D eigenvalue weighted by atomic mass is 9.85. The first-order valence-electron chi connectivity index (χ1n) is 6.16. The molecule has 94 valence electrons. The molecule has 1 unspecified atom stereocenters. The zero-order valence-electron chi connectivity index (χ0n) is 10.5. The fourth-order valence-corrected chi connectivity index (χ4v) is 2.49. The molecule has 0 aliphatic carbocycles. The minimum Gasteiger partial charge on any atom is -0.314 e. The van der Waals surface area contributed by atoms with Crippen LogP contribution in [0, 0.1) is 0 Å². The minimum absolute atomic E-state index is 0.120. The van der Waals surface area contributed by atoms with Crippen LogP contribution >= 0.6 is 0 Å². The van der Waals surface area contributed by atoms with Gasteiger partial charge in [-0.05, 0) is 17.7 Å². The SMILES string of the molecule is CN1C(=O)C(c2ccccc2)C(=O)c2ccccc21. The van der Waals surface area contributed by atoms with E-state index >= 15 is 0 Å². The Kier molecular flexibility index (Phi) is 2.67. The van der Waals surface area contributed by atoms with Crippen molar-refractivity contribution in [2.45, 2.75) is 5.92 Å². The quantitative estimate of drug-likeness (QED) is 0.731. The number of ketones is 1. The van der Waals surface area contributed by atoms with E-state index in [0.717, 1.165) is 5.56 Å². The van der Waals surface area contributed by atoms with Gasteiger partial charge in [-0.2, -0.15) is 0 Å². The van der Waals surface area contributed by atoms with Gasteiger partial charge >= 0.3 is 0 Å². The zero-order chi connectivity index (χ0) is 13.4. The summed E-state index contributed by atoms with van der Waals surface area (Å²) in [6, 6.07) is 16.4. The van der Waals surface area contributed by atoms with Crippen molar-refractivity contribution in [1.82, 2.24) is 0 Å². The van der Waals surface area contributed by atoms with Gasteiger partial charge in [-0.3, -0.25) is 9.59 Å². The molecule has 1 aliphatic heterocycles. The van der Waals surface area contributed by atoms with E-state index in [4.69, 9.17) is 0 Å². The number of hydrogen-bond donors (Lipinski definition) is 0. The molecular weight excluding hydrogens is 238 g/mol. The van der Waals surface area contributed by atoms with Crippen LogP contribution in [0.5, 0.6) is 0 Å². The van der Waals surface area contributed by atoms with Crippen LogP contribution in [-0.2, 0) is 4.79 Å². The molecule has 1 atom stereocenters. The van der Waals surface area contributed by atoms with E-state index in [9.17, 15) is 9.59 Å². The Morgan fingerprint density at radius 2 is 1.53 bits per heavy atom. The molecule has 0 spiro atoms. The Morgan fingerprint density at radius 1 is 0.895 bits per heavy atom. The van der Waals surface area contributed by atoms with E-state index in [1.807, 2.05) is 42.5 Å². The van der Waals surface area contributed by atoms with E-state index in [1.54, 1.807) is 24.1 Å². The number of rotatable bonds is 1. The second-order valence-electron chi connectivity index (χ2n) is 4.62. The van der Waals surface area contributed by atoms with Crippen LogP contribution in [0.4, 0.5) is 5.69 Å². The van der Waals surface area contributed by atoms with Crippen LogP contribution in [0.2, 0.25) is 0 Å². The highest BCUT2D eigenvalue weighted by Crippen LogP contribution is 2.34. The number of likely N-dealkylation sites (N-methyl/N-ethyl adjacent to an activating group) is 1. The average Bonchev–Trinajstić information content (AvgIpc) is 2.46. The van der Waals surface area contributed by atoms with Crippen molar-refractivity contribution < 1.29 is 9.59 Å². The van der Waals surface area contributed by atoms with E-state index in [2.05, 4.69) is 0 Å². The molecule has 0 saturated carbocycles. The summed E-state index contributed by atoms with van der Waals surface area (Å²) in [6.45, 7) is 0. The van der Waals surface area contributed by atoms with E-state index < -0.39 is 5.92 Å². The van der Waals surface area contributed by atoms with Crippen LogP contribution in [0.25, 0.3) is 0 Å². The Hall–Kier alpha value is -2.42. The third-order valence-corrected chi connectivity index (χ3v) is 3.50. The van der Waals surface area contributed by atoms with Crippen molar-refractivity contribution in [3.63, 3.8) is 0 Å². The minimum atomic E-state index is -0.721. The maximum absolute atomic E-state index is 12.5. The molecule has 1 heterocycles. The van der Waals surface area contributed by atoms with Crippen LogP contribution in [0.3, 0.4) is 0 Å². The van der Waals surface area contributed by atoms with Crippen LogP contribution in [0.1, 0.15) is 21.8 Å². The first-order chi connectivity index (χ1) is 9.20. The monoisotopic (exact) mass is 251 g/mol. The van der Waals surface area contributed by atoms with Crippen molar-refractivity contribution in [2.75, 3.05) is 11.9 Å². The van der Waals surface area contributed by atoms with Crippen molar-refractivity contribution >= 4 is 17.4 Å². The van der Waals surface area contributed by atoms with Gasteiger partial charge in [0, 0.05) is 12.6 Å². The van der Waals surface area contributed by atoms with E-state index in [1.165, 1.54) is 0 Å². The lowest BCUT2D eigenvalue weighted by Gasteiger charge is -2.30. The molecule has 19 heavy (non-hydrogen) atoms. The first-order valence-corrected chi connectivity index (χ1v) is 6.16. The number of amides is 1. The van der Waals surface area contributed by atoms with Gasteiger partial charge in [0.15, 0.2) is 5.78 Å². The Morgan fingerprint density at radius 3 is 2.26 bits per heavy atom. The summed E-state index contributed by atoms with van der Waals surface area (Å²) < 4.78 is 0. The van der Waals surface area contributed by atoms with E-state index in [0.29, 0.717) is 11.3 Å². The highest BCUT2D eigenvalue weighted by atomic mass is 16.2. The molecular formula is C16H13NO2. The predicted octanol–water partition coefficient (Wildman–Crippen LogP) is 2.63. The van der Waals surface area contributed by atoms with Gasteiger partial charge < -0.3 is 4.90 Å². The number of nitrogens with zero attached hydrogens (tertiary/aromatic N) is 1. The van der Waals surface area contributed by atoms with Crippen LogP contribution in [-0.4, -0.2) is 18.7 Å². The zero-order valence-corrected chi connectivity index (χ0v) is 10.5. The lowest BCUT2D eigenvalue weighted by molar-refractivity contribution is -0.119. The molecule has 3 nitrogen and oxygen atoms in total. The first kappa shape index (κ1) is 11.7. The highest BCUT2D eigenvalue weighted by molar-refractivity contribution is 6.24. The molecule has 0 radical (unpaired) electrons. The van der Waals surface area contributed by atoms with Gasteiger partial charge in [0.1, 0.15) is 5.92 Å². The largest absolute Gasteiger partial charge is 0.314 e. The van der Waals surface area contributed by atoms with Gasteiger partial charge in [-0.15, -0.1) is 0 Å². The summed E-state index contributed by atoms with van der Waals surface area (Å²) in [5.74, 6) is -1.01. The second kappa shape index (κ2) is 4.35. The summed E-state index contributed by atoms with van der Waals surface area (Å²) in [5.41, 5.74) is 2.04. The van der Waals surface area contributed by atoms with Gasteiger partial charge in [0.25, 0.3) is 0 Å². The molecule has 0 bridgehead atoms. The van der Waals surface area contributed by atoms with Gasteiger partial charge in [-0.25, -0.2) is 0 Å². The Labute approximate surface area is 111 Å². The molecule has 2 aromatic rings. The standard InChI is InChI=1S/C16H13NO2/c1-17-13-10-6-5-9-12(13)15(18)14(16(17)19)11-7-3-2-4-8-11/h2-10,14H,1H3. The summed E-state index contributed by atoms with van der Waals surface area (Å²) in [7, 11) is 1.71. The highest BCUT2D eigenvalue weighted by Gasteiger charge is 2.38. The van der Waals surface area contributed by atoms with Gasteiger partial charge in [-0.1, -0.05) is 42.5 Å². The summed E-state index contributed by atoms with van der Waals surface area (Å²) in [4.78, 5) is 26.5. The predicted molar refractivity (Wildman–Crippen MR) is 73.4 cm³/mol. The van der Waals surface area contributed by atoms with Gasteiger partial charge in [0.2, 0.25) is 5.91 Å². The number of anilines is 1. The Balaban J connectivity index is 2.15. The summed E-state index contributed by atoms with van der Waals surface area (Å²) in [6.07, 6.45) is 0. The van der Waals surface area contributed by atoms with Crippen molar-refractivity contribution in [3.05, 3.63) is 65.7 Å². The molecule has 0 N–H and O–H groups in total. The number of Topliss-reactive ketones (excluding diaryl/α,β-unsaturated/α-hetero) is 1. The second-order valence-corrected chi connectivity index (χ2v) is 4.62. The van der Waals surface area contributed by atoms with Gasteiger partial charge in [0.05, 0.1) is 5.69 Å². The molecule has 2 aromatic carbocycles. The lowest BCUT2D eigenvalue weighted by Crippen LogP contribution is -2.40.